The summed E-state index contributed by atoms with van der Waals surface area (Å²) in [5, 5.41) is 26.7. The number of rotatable bonds is 8. The van der Waals surface area contributed by atoms with Gasteiger partial charge < -0.3 is 19.8 Å². The average molecular weight is 693 g/mol. The van der Waals surface area contributed by atoms with Crippen LogP contribution in [0.4, 0.5) is 0 Å². The van der Waals surface area contributed by atoms with E-state index in [9.17, 15) is 29.4 Å². The maximum Gasteiger partial charge on any atom is 0.335 e. The number of aromatic nitrogens is 4. The van der Waals surface area contributed by atoms with Crippen molar-refractivity contribution in [1.29, 1.82) is 0 Å². The van der Waals surface area contributed by atoms with Crippen molar-refractivity contribution in [2.24, 2.45) is 0 Å². The molecule has 248 valence electrons. The van der Waals surface area contributed by atoms with Gasteiger partial charge in [0.05, 0.1) is 37.4 Å². The molecule has 48 heavy (non-hydrogen) atoms. The van der Waals surface area contributed by atoms with Crippen LogP contribution in [-0.2, 0) is 6.54 Å². The third-order valence-corrected chi connectivity index (χ3v) is 9.11. The molecule has 1 saturated heterocycles. The van der Waals surface area contributed by atoms with E-state index in [0.717, 1.165) is 47.0 Å². The number of quaternary nitrogens is 1. The van der Waals surface area contributed by atoms with Crippen LogP contribution in [-0.4, -0.2) is 44.4 Å². The van der Waals surface area contributed by atoms with Crippen molar-refractivity contribution in [1.82, 2.24) is 19.1 Å². The molecule has 1 aliphatic heterocycles. The highest BCUT2D eigenvalue weighted by molar-refractivity contribution is 6.30. The number of H-pyrrole nitrogens is 2. The van der Waals surface area contributed by atoms with Gasteiger partial charge in [0.2, 0.25) is 5.88 Å². The van der Waals surface area contributed by atoms with E-state index in [1.165, 1.54) is 60.5 Å². The van der Waals surface area contributed by atoms with Crippen LogP contribution in [0.2, 0.25) is 10.0 Å². The Balaban J connectivity index is 1.66. The molecule has 1 unspecified atom stereocenters. The van der Waals surface area contributed by atoms with Gasteiger partial charge in [-0.15, -0.1) is 0 Å². The Morgan fingerprint density at radius 3 is 1.94 bits per heavy atom. The Kier molecular flexibility index (Phi) is 9.31. The van der Waals surface area contributed by atoms with Crippen LogP contribution in [0.1, 0.15) is 47.4 Å². The second-order valence-corrected chi connectivity index (χ2v) is 12.5. The minimum atomic E-state index is -1.55. The smallest absolute Gasteiger partial charge is 0.335 e. The van der Waals surface area contributed by atoms with Gasteiger partial charge in [-0.1, -0.05) is 29.3 Å². The van der Waals surface area contributed by atoms with Gasteiger partial charge in [0.15, 0.2) is 0 Å². The van der Waals surface area contributed by atoms with Gasteiger partial charge >= 0.3 is 11.4 Å². The fourth-order valence-electron chi connectivity index (χ4n) is 6.33. The molecular formula is C34H31Cl2N5O7. The van der Waals surface area contributed by atoms with Gasteiger partial charge in [-0.25, -0.2) is 14.2 Å². The van der Waals surface area contributed by atoms with Crippen LogP contribution in [0, 0.1) is 0 Å². The van der Waals surface area contributed by atoms with Crippen molar-refractivity contribution < 1.29 is 19.8 Å². The summed E-state index contributed by atoms with van der Waals surface area (Å²) in [6, 6.07) is 16.7. The Morgan fingerprint density at radius 2 is 1.35 bits per heavy atom. The third-order valence-electron chi connectivity index (χ3n) is 8.61. The first-order valence-electron chi connectivity index (χ1n) is 15.2. The number of likely N-dealkylation sites (tertiary alicyclic amines) is 1. The average Bonchev–Trinajstić information content (AvgIpc) is 3.06. The largest absolute Gasteiger partial charge is 0.859 e. The predicted octanol–water partition coefficient (Wildman–Crippen LogP) is 2.21. The zero-order valence-corrected chi connectivity index (χ0v) is 27.2. The van der Waals surface area contributed by atoms with Gasteiger partial charge in [-0.3, -0.25) is 24.1 Å². The summed E-state index contributed by atoms with van der Waals surface area (Å²) in [4.78, 5) is 59.3. The molecule has 3 heterocycles. The molecule has 1 fully saturated rings. The second kappa shape index (κ2) is 13.6. The molecular weight excluding hydrogens is 661 g/mol. The summed E-state index contributed by atoms with van der Waals surface area (Å²) in [7, 11) is 1.53. The Labute approximate surface area is 283 Å². The van der Waals surface area contributed by atoms with E-state index in [1.807, 2.05) is 0 Å². The first-order valence-corrected chi connectivity index (χ1v) is 16.0. The van der Waals surface area contributed by atoms with Crippen molar-refractivity contribution >= 4 is 23.2 Å². The number of methoxy groups -OCH3 is 1. The maximum atomic E-state index is 14.3. The zero-order chi connectivity index (χ0) is 34.1. The SMILES string of the molecule is COc1ccc(C(c2c([O-])n(-c3ccc(Cl)cc3)c(=O)[nH]c2=O)c2c(O)n(-c3ccc(Cl)cc3)c(=O)[nH]c2=O)cc1C[NH+]1CCCCC1. The molecule has 6 rings (SSSR count). The van der Waals surface area contributed by atoms with Crippen LogP contribution in [0.15, 0.2) is 85.9 Å². The molecule has 5 aromatic rings. The molecule has 0 radical (unpaired) electrons. The number of nitrogens with zero attached hydrogens (tertiary/aromatic N) is 2. The number of nitrogens with one attached hydrogen (secondary N) is 3. The third kappa shape index (κ3) is 6.29. The summed E-state index contributed by atoms with van der Waals surface area (Å²) in [6.45, 7) is 2.45. The molecule has 2 aromatic heterocycles. The Bertz CT molecular complexity index is 2100. The number of hydrogen-bond donors (Lipinski definition) is 4. The van der Waals surface area contributed by atoms with E-state index in [2.05, 4.69) is 9.97 Å². The second-order valence-electron chi connectivity index (χ2n) is 11.6. The number of hydrogen-bond acceptors (Lipinski definition) is 7. The first-order chi connectivity index (χ1) is 23.1. The molecule has 12 nitrogen and oxygen atoms in total. The fraction of sp³-hybridized carbons (Fsp3) is 0.235. The number of benzene rings is 3. The van der Waals surface area contributed by atoms with Gasteiger partial charge in [0, 0.05) is 26.9 Å². The molecule has 3 aromatic carbocycles. The molecule has 0 amide bonds. The number of ether oxygens (including phenoxy) is 1. The fourth-order valence-corrected chi connectivity index (χ4v) is 6.58. The lowest BCUT2D eigenvalue weighted by atomic mass is 9.85. The molecule has 0 spiro atoms. The lowest BCUT2D eigenvalue weighted by molar-refractivity contribution is -0.918. The summed E-state index contributed by atoms with van der Waals surface area (Å²) in [5.74, 6) is -2.83. The highest BCUT2D eigenvalue weighted by Crippen LogP contribution is 2.38. The molecule has 0 saturated carbocycles. The van der Waals surface area contributed by atoms with Gasteiger partial charge in [0.1, 0.15) is 12.3 Å². The van der Waals surface area contributed by atoms with Gasteiger partial charge in [-0.2, -0.15) is 0 Å². The summed E-state index contributed by atoms with van der Waals surface area (Å²) < 4.78 is 7.26. The molecule has 0 aliphatic carbocycles. The Morgan fingerprint density at radius 1 is 0.812 bits per heavy atom. The minimum absolute atomic E-state index is 0.110. The topological polar surface area (TPSA) is 167 Å². The van der Waals surface area contributed by atoms with Crippen LogP contribution in [0.5, 0.6) is 17.5 Å². The monoisotopic (exact) mass is 691 g/mol. The maximum absolute atomic E-state index is 14.3. The van der Waals surface area contributed by atoms with Gasteiger partial charge in [-0.05, 0) is 91.4 Å². The van der Waals surface area contributed by atoms with E-state index < -0.39 is 51.3 Å². The van der Waals surface area contributed by atoms with E-state index in [4.69, 9.17) is 27.9 Å². The molecule has 1 atom stereocenters. The highest BCUT2D eigenvalue weighted by atomic mass is 35.5. The number of halogens is 2. The van der Waals surface area contributed by atoms with Gasteiger partial charge in [0.25, 0.3) is 11.1 Å². The standard InChI is InChI=1S/C34H31Cl2N5O7/c1-48-25-14-5-19(17-20(25)18-39-15-3-2-4-16-39)26(27-29(42)37-33(46)40(31(27)44)23-10-6-21(35)7-11-23)28-30(43)38-34(47)41(32(28)45)24-12-8-22(36)9-13-24/h5-14,17,26,44-45H,2-4,15-16,18H2,1H3,(H,37,42,46)(H,38,43,47). The van der Waals surface area contributed by atoms with Crippen LogP contribution >= 0.6 is 23.2 Å². The van der Waals surface area contributed by atoms with Crippen molar-refractivity contribution in [3.05, 3.63) is 141 Å². The van der Waals surface area contributed by atoms with Crippen LogP contribution in [0.25, 0.3) is 11.4 Å². The van der Waals surface area contributed by atoms with Crippen molar-refractivity contribution in [3.63, 3.8) is 0 Å². The van der Waals surface area contributed by atoms with E-state index in [0.29, 0.717) is 22.3 Å². The summed E-state index contributed by atoms with van der Waals surface area (Å²) in [5.41, 5.74) is -3.79. The molecule has 1 aliphatic rings. The van der Waals surface area contributed by atoms with Crippen LogP contribution < -0.4 is 37.2 Å². The number of aromatic hydroxyl groups is 1. The lowest BCUT2D eigenvalue weighted by Gasteiger charge is -2.28. The highest BCUT2D eigenvalue weighted by Gasteiger charge is 2.32. The zero-order valence-electron chi connectivity index (χ0n) is 25.7. The van der Waals surface area contributed by atoms with Crippen molar-refractivity contribution in [2.75, 3.05) is 20.2 Å². The quantitative estimate of drug-likeness (QED) is 0.194. The number of piperidine rings is 1. The van der Waals surface area contributed by atoms with Crippen molar-refractivity contribution in [3.8, 4) is 28.9 Å². The molecule has 0 bridgehead atoms. The minimum Gasteiger partial charge on any atom is -0.859 e. The van der Waals surface area contributed by atoms with E-state index >= 15 is 0 Å². The number of aromatic amines is 2. The Hall–Kier alpha value is -5.04. The normalized spacial score (nSPS) is 14.1. The molecule has 14 heteroatoms. The predicted molar refractivity (Wildman–Crippen MR) is 179 cm³/mol. The first kappa shape index (κ1) is 32.9. The molecule has 4 N–H and O–H groups in total. The van der Waals surface area contributed by atoms with Crippen molar-refractivity contribution in [2.45, 2.75) is 31.7 Å². The lowest BCUT2D eigenvalue weighted by Crippen LogP contribution is -3.11. The summed E-state index contributed by atoms with van der Waals surface area (Å²) in [6.07, 6.45) is 3.28. The van der Waals surface area contributed by atoms with E-state index in [1.54, 1.807) is 18.2 Å². The van der Waals surface area contributed by atoms with Crippen LogP contribution in [0.3, 0.4) is 0 Å². The van der Waals surface area contributed by atoms with E-state index in [-0.39, 0.29) is 16.9 Å². The summed E-state index contributed by atoms with van der Waals surface area (Å²) >= 11 is 12.1.